The van der Waals surface area contributed by atoms with Gasteiger partial charge in [0, 0.05) is 16.7 Å². The van der Waals surface area contributed by atoms with Gasteiger partial charge >= 0.3 is 0 Å². The van der Waals surface area contributed by atoms with Crippen molar-refractivity contribution in [1.29, 1.82) is 0 Å². The van der Waals surface area contributed by atoms with Gasteiger partial charge in [0.05, 0.1) is 5.02 Å². The summed E-state index contributed by atoms with van der Waals surface area (Å²) in [5, 5.41) is -0.131. The van der Waals surface area contributed by atoms with Crippen LogP contribution in [0.2, 0.25) is 5.02 Å². The summed E-state index contributed by atoms with van der Waals surface area (Å²) < 4.78 is 25.0. The van der Waals surface area contributed by atoms with Crippen molar-refractivity contribution >= 4 is 23.7 Å². The molecule has 15 heavy (non-hydrogen) atoms. The van der Waals surface area contributed by atoms with Crippen LogP contribution in [-0.4, -0.2) is 12.1 Å². The number of carbonyl (C=O) groups excluding carboxylic acids is 2. The first-order chi connectivity index (χ1) is 6.97. The summed E-state index contributed by atoms with van der Waals surface area (Å²) in [4.78, 5) is 21.5. The number of alkyl halides is 2. The summed E-state index contributed by atoms with van der Waals surface area (Å²) in [5.74, 6) is -0.378. The van der Waals surface area contributed by atoms with Crippen molar-refractivity contribution < 1.29 is 18.4 Å². The van der Waals surface area contributed by atoms with E-state index < -0.39 is 12.0 Å². The van der Waals surface area contributed by atoms with E-state index in [0.717, 1.165) is 6.07 Å². The summed E-state index contributed by atoms with van der Waals surface area (Å²) >= 11 is 5.61. The van der Waals surface area contributed by atoms with Crippen LogP contribution in [0.15, 0.2) is 12.1 Å². The predicted octanol–water partition coefficient (Wildman–Crippen LogP) is 3.29. The van der Waals surface area contributed by atoms with Gasteiger partial charge in [0.25, 0.3) is 6.43 Å². The second kappa shape index (κ2) is 4.49. The summed E-state index contributed by atoms with van der Waals surface area (Å²) in [5.41, 5.74) is -0.708. The lowest BCUT2D eigenvalue weighted by molar-refractivity contribution is 0.101. The van der Waals surface area contributed by atoms with Gasteiger partial charge in [-0.2, -0.15) is 0 Å². The molecule has 0 heterocycles. The lowest BCUT2D eigenvalue weighted by atomic mass is 10.0. The monoisotopic (exact) mass is 232 g/mol. The number of ketones is 1. The Labute approximate surface area is 89.8 Å². The third-order valence-electron chi connectivity index (χ3n) is 1.92. The van der Waals surface area contributed by atoms with Gasteiger partial charge in [0.1, 0.15) is 0 Å². The minimum Gasteiger partial charge on any atom is -0.298 e. The minimum absolute atomic E-state index is 0.0703. The molecule has 1 rings (SSSR count). The first-order valence-corrected chi connectivity index (χ1v) is 4.43. The van der Waals surface area contributed by atoms with Crippen LogP contribution in [0.25, 0.3) is 0 Å². The quantitative estimate of drug-likeness (QED) is 0.592. The highest BCUT2D eigenvalue weighted by Gasteiger charge is 2.17. The van der Waals surface area contributed by atoms with Crippen LogP contribution in [0.1, 0.15) is 39.6 Å². The Kier molecular flexibility index (Phi) is 3.52. The van der Waals surface area contributed by atoms with Gasteiger partial charge in [-0.3, -0.25) is 9.59 Å². The van der Waals surface area contributed by atoms with Crippen LogP contribution >= 0.6 is 11.6 Å². The van der Waals surface area contributed by atoms with Gasteiger partial charge in [-0.05, 0) is 19.1 Å². The first kappa shape index (κ1) is 11.8. The summed E-state index contributed by atoms with van der Waals surface area (Å²) in [6.07, 6.45) is -2.57. The number of rotatable bonds is 3. The van der Waals surface area contributed by atoms with E-state index in [-0.39, 0.29) is 28.2 Å². The summed E-state index contributed by atoms with van der Waals surface area (Å²) in [6.45, 7) is 1.24. The highest BCUT2D eigenvalue weighted by atomic mass is 35.5. The fraction of sp³-hybridized carbons (Fsp3) is 0.200. The molecule has 0 unspecified atom stereocenters. The number of benzene rings is 1. The van der Waals surface area contributed by atoms with E-state index in [0.29, 0.717) is 0 Å². The molecule has 0 saturated heterocycles. The standard InChI is InChI=1S/C10H7ClF2O2/c1-5(15)6-2-7(10(12)13)8(4-14)9(11)3-6/h2-4,10H,1H3. The van der Waals surface area contributed by atoms with Crippen LogP contribution in [-0.2, 0) is 0 Å². The topological polar surface area (TPSA) is 34.1 Å². The molecule has 0 aliphatic rings. The highest BCUT2D eigenvalue weighted by Crippen LogP contribution is 2.28. The van der Waals surface area contributed by atoms with Crippen molar-refractivity contribution in [1.82, 2.24) is 0 Å². The fourth-order valence-corrected chi connectivity index (χ4v) is 1.42. The Bertz CT molecular complexity index is 416. The molecule has 0 N–H and O–H groups in total. The molecule has 5 heteroatoms. The molecule has 0 fully saturated rings. The number of hydrogen-bond acceptors (Lipinski definition) is 2. The van der Waals surface area contributed by atoms with E-state index >= 15 is 0 Å². The van der Waals surface area contributed by atoms with Crippen LogP contribution in [0.3, 0.4) is 0 Å². The summed E-state index contributed by atoms with van der Waals surface area (Å²) in [7, 11) is 0. The maximum Gasteiger partial charge on any atom is 0.264 e. The maximum absolute atomic E-state index is 12.5. The van der Waals surface area contributed by atoms with E-state index in [2.05, 4.69) is 0 Å². The summed E-state index contributed by atoms with van der Waals surface area (Å²) in [6, 6.07) is 2.20. The molecular formula is C10H7ClF2O2. The average molecular weight is 233 g/mol. The smallest absolute Gasteiger partial charge is 0.264 e. The molecule has 1 aromatic rings. The molecule has 0 radical (unpaired) electrons. The van der Waals surface area contributed by atoms with Gasteiger partial charge in [0.2, 0.25) is 0 Å². The number of aldehydes is 1. The van der Waals surface area contributed by atoms with Gasteiger partial charge in [-0.25, -0.2) is 8.78 Å². The van der Waals surface area contributed by atoms with Gasteiger partial charge in [0.15, 0.2) is 12.1 Å². The van der Waals surface area contributed by atoms with Crippen LogP contribution in [0.4, 0.5) is 8.78 Å². The largest absolute Gasteiger partial charge is 0.298 e. The van der Waals surface area contributed by atoms with Crippen molar-refractivity contribution in [2.45, 2.75) is 13.3 Å². The van der Waals surface area contributed by atoms with Crippen molar-refractivity contribution in [3.8, 4) is 0 Å². The zero-order chi connectivity index (χ0) is 11.6. The average Bonchev–Trinajstić information content (AvgIpc) is 2.16. The van der Waals surface area contributed by atoms with Crippen LogP contribution < -0.4 is 0 Å². The van der Waals surface area contributed by atoms with E-state index in [1.54, 1.807) is 0 Å². The second-order valence-corrected chi connectivity index (χ2v) is 3.34. The normalized spacial score (nSPS) is 10.5. The van der Waals surface area contributed by atoms with E-state index in [1.807, 2.05) is 0 Å². The van der Waals surface area contributed by atoms with Crippen LogP contribution in [0, 0.1) is 0 Å². The maximum atomic E-state index is 12.5. The molecule has 0 atom stereocenters. The van der Waals surface area contributed by atoms with Crippen molar-refractivity contribution in [2.75, 3.05) is 0 Å². The minimum atomic E-state index is -2.83. The molecule has 0 aliphatic heterocycles. The molecular weight excluding hydrogens is 226 g/mol. The molecule has 0 saturated carbocycles. The fourth-order valence-electron chi connectivity index (χ4n) is 1.15. The Morgan fingerprint density at radius 2 is 2.07 bits per heavy atom. The molecule has 2 nitrogen and oxygen atoms in total. The number of hydrogen-bond donors (Lipinski definition) is 0. The van der Waals surface area contributed by atoms with E-state index in [4.69, 9.17) is 11.6 Å². The number of halogens is 3. The zero-order valence-corrected chi connectivity index (χ0v) is 8.52. The number of carbonyl (C=O) groups is 2. The Morgan fingerprint density at radius 1 is 1.47 bits per heavy atom. The molecule has 80 valence electrons. The van der Waals surface area contributed by atoms with Crippen molar-refractivity contribution in [3.05, 3.63) is 33.8 Å². The van der Waals surface area contributed by atoms with Crippen LogP contribution in [0.5, 0.6) is 0 Å². The third-order valence-corrected chi connectivity index (χ3v) is 2.23. The highest BCUT2D eigenvalue weighted by molar-refractivity contribution is 6.33. The Hall–Kier alpha value is -1.29. The molecule has 0 spiro atoms. The molecule has 0 aromatic heterocycles. The lowest BCUT2D eigenvalue weighted by Gasteiger charge is -2.07. The third kappa shape index (κ3) is 2.39. The zero-order valence-electron chi connectivity index (χ0n) is 7.76. The van der Waals surface area contributed by atoms with Gasteiger partial charge in [-0.1, -0.05) is 11.6 Å². The Balaban J connectivity index is 3.45. The van der Waals surface area contributed by atoms with E-state index in [9.17, 15) is 18.4 Å². The Morgan fingerprint density at radius 3 is 2.47 bits per heavy atom. The van der Waals surface area contributed by atoms with Crippen molar-refractivity contribution in [2.24, 2.45) is 0 Å². The second-order valence-electron chi connectivity index (χ2n) is 2.94. The first-order valence-electron chi connectivity index (χ1n) is 4.05. The molecule has 0 amide bonds. The molecule has 1 aromatic carbocycles. The molecule has 0 bridgehead atoms. The van der Waals surface area contributed by atoms with Gasteiger partial charge in [-0.15, -0.1) is 0 Å². The SMILES string of the molecule is CC(=O)c1cc(Cl)c(C=O)c(C(F)F)c1. The van der Waals surface area contributed by atoms with Gasteiger partial charge < -0.3 is 0 Å². The molecule has 0 aliphatic carbocycles. The van der Waals surface area contributed by atoms with E-state index in [1.165, 1.54) is 13.0 Å². The number of Topliss-reactive ketones (excluding diaryl/α,β-unsaturated/α-hetero) is 1. The van der Waals surface area contributed by atoms with Crippen molar-refractivity contribution in [3.63, 3.8) is 0 Å². The predicted molar refractivity (Wildman–Crippen MR) is 51.8 cm³/mol. The lowest BCUT2D eigenvalue weighted by Crippen LogP contribution is -2.00.